The van der Waals surface area contributed by atoms with Crippen LogP contribution in [-0.4, -0.2) is 55.7 Å². The van der Waals surface area contributed by atoms with Gasteiger partial charge in [-0.05, 0) is 44.5 Å². The van der Waals surface area contributed by atoms with Gasteiger partial charge >= 0.3 is 5.97 Å². The Morgan fingerprint density at radius 2 is 2.08 bits per heavy atom. The molecule has 2 N–H and O–H groups in total. The molecule has 26 heavy (non-hydrogen) atoms. The Bertz CT molecular complexity index is 626. The fraction of sp³-hybridized carbons (Fsp3) is 0.556. The van der Waals surface area contributed by atoms with Crippen LogP contribution in [0, 0.1) is 5.92 Å². The Kier molecular flexibility index (Phi) is 8.68. The first-order valence-corrected chi connectivity index (χ1v) is 8.41. The predicted molar refractivity (Wildman–Crippen MR) is 100 cm³/mol. The molecule has 1 saturated heterocycles. The van der Waals surface area contributed by atoms with Crippen molar-refractivity contribution in [3.8, 4) is 11.5 Å². The average Bonchev–Trinajstić information content (AvgIpc) is 2.61. The molecule has 8 heteroatoms. The van der Waals surface area contributed by atoms with E-state index in [2.05, 4.69) is 5.32 Å². The van der Waals surface area contributed by atoms with Gasteiger partial charge in [0.2, 0.25) is 5.91 Å². The molecule has 146 valence electrons. The van der Waals surface area contributed by atoms with E-state index >= 15 is 0 Å². The van der Waals surface area contributed by atoms with Crippen molar-refractivity contribution < 1.29 is 24.2 Å². The number of amides is 1. The third-order valence-electron chi connectivity index (χ3n) is 4.50. The number of rotatable bonds is 7. The molecule has 0 spiro atoms. The highest BCUT2D eigenvalue weighted by Crippen LogP contribution is 2.29. The first kappa shape index (κ1) is 22.1. The lowest BCUT2D eigenvalue weighted by atomic mass is 9.98. The zero-order valence-electron chi connectivity index (χ0n) is 15.4. The van der Waals surface area contributed by atoms with Crippen molar-refractivity contribution in [2.45, 2.75) is 25.8 Å². The first-order chi connectivity index (χ1) is 11.9. The van der Waals surface area contributed by atoms with Crippen LogP contribution in [-0.2, 0) is 9.59 Å². The summed E-state index contributed by atoms with van der Waals surface area (Å²) in [7, 11) is 3.17. The number of carboxylic acids is 1. The van der Waals surface area contributed by atoms with Crippen LogP contribution < -0.4 is 14.8 Å². The maximum absolute atomic E-state index is 12.4. The van der Waals surface area contributed by atoms with E-state index in [0.717, 1.165) is 18.5 Å². The second kappa shape index (κ2) is 10.2. The van der Waals surface area contributed by atoms with Crippen LogP contribution in [0.15, 0.2) is 18.2 Å². The molecule has 1 aromatic carbocycles. The highest BCUT2D eigenvalue weighted by Gasteiger charge is 2.26. The van der Waals surface area contributed by atoms with Gasteiger partial charge in [0.25, 0.3) is 0 Å². The number of carboxylic acid groups (broad SMARTS) is 1. The van der Waals surface area contributed by atoms with E-state index in [-0.39, 0.29) is 30.9 Å². The molecule has 1 aliphatic heterocycles. The van der Waals surface area contributed by atoms with Gasteiger partial charge in [-0.25, -0.2) is 0 Å². The minimum Gasteiger partial charge on any atom is -0.497 e. The monoisotopic (exact) mass is 386 g/mol. The molecule has 1 aromatic rings. The van der Waals surface area contributed by atoms with Crippen LogP contribution in [0.1, 0.15) is 31.4 Å². The van der Waals surface area contributed by atoms with Gasteiger partial charge in [0.05, 0.1) is 32.7 Å². The second-order valence-electron chi connectivity index (χ2n) is 6.31. The lowest BCUT2D eigenvalue weighted by molar-refractivity contribution is -0.144. The van der Waals surface area contributed by atoms with E-state index in [1.54, 1.807) is 26.4 Å². The van der Waals surface area contributed by atoms with Crippen molar-refractivity contribution in [2.75, 3.05) is 33.9 Å². The number of carbonyl (C=O) groups is 2. The molecule has 0 aromatic heterocycles. The second-order valence-corrected chi connectivity index (χ2v) is 6.31. The summed E-state index contributed by atoms with van der Waals surface area (Å²) >= 11 is 0. The summed E-state index contributed by atoms with van der Waals surface area (Å²) in [6.45, 7) is 3.24. The highest BCUT2D eigenvalue weighted by molar-refractivity contribution is 5.85. The molecule has 0 bridgehead atoms. The van der Waals surface area contributed by atoms with Gasteiger partial charge in [-0.1, -0.05) is 0 Å². The van der Waals surface area contributed by atoms with Gasteiger partial charge in [-0.3, -0.25) is 14.5 Å². The Morgan fingerprint density at radius 1 is 1.35 bits per heavy atom. The zero-order valence-corrected chi connectivity index (χ0v) is 16.2. The number of methoxy groups -OCH3 is 2. The van der Waals surface area contributed by atoms with Gasteiger partial charge in [0.1, 0.15) is 11.5 Å². The summed E-state index contributed by atoms with van der Waals surface area (Å²) in [6.07, 6.45) is 1.47. The van der Waals surface area contributed by atoms with E-state index in [4.69, 9.17) is 14.6 Å². The number of benzene rings is 1. The normalized spacial score (nSPS) is 18.3. The Hall–Kier alpha value is -1.99. The minimum absolute atomic E-state index is 0. The molecule has 0 saturated carbocycles. The summed E-state index contributed by atoms with van der Waals surface area (Å²) in [6, 6.07) is 5.19. The Morgan fingerprint density at radius 3 is 2.69 bits per heavy atom. The summed E-state index contributed by atoms with van der Waals surface area (Å²) in [5, 5.41) is 12.1. The molecule has 1 fully saturated rings. The van der Waals surface area contributed by atoms with E-state index in [0.29, 0.717) is 24.5 Å². The number of nitrogens with one attached hydrogen (secondary N) is 1. The molecular weight excluding hydrogens is 360 g/mol. The van der Waals surface area contributed by atoms with Crippen LogP contribution in [0.4, 0.5) is 0 Å². The van der Waals surface area contributed by atoms with Crippen molar-refractivity contribution in [1.29, 1.82) is 0 Å². The maximum atomic E-state index is 12.4. The van der Waals surface area contributed by atoms with Crippen molar-refractivity contribution in [3.63, 3.8) is 0 Å². The molecule has 0 aliphatic carbocycles. The molecule has 1 aliphatic rings. The number of piperidine rings is 1. The van der Waals surface area contributed by atoms with E-state index in [9.17, 15) is 9.59 Å². The molecule has 2 unspecified atom stereocenters. The molecule has 1 heterocycles. The Balaban J connectivity index is 0.00000338. The van der Waals surface area contributed by atoms with Crippen LogP contribution in [0.5, 0.6) is 11.5 Å². The standard InChI is InChI=1S/C18H26N2O5.ClH/c1-12(15-9-14(24-2)6-7-16(15)25-3)19-17(21)11-20-8-4-5-13(10-20)18(22)23;/h6-7,9,12-13H,4-5,8,10-11H2,1-3H3,(H,19,21)(H,22,23);1H. The molecule has 1 amide bonds. The van der Waals surface area contributed by atoms with Gasteiger partial charge in [-0.2, -0.15) is 0 Å². The van der Waals surface area contributed by atoms with Gasteiger partial charge in [0, 0.05) is 12.1 Å². The van der Waals surface area contributed by atoms with Crippen LogP contribution in [0.3, 0.4) is 0 Å². The lowest BCUT2D eigenvalue weighted by Crippen LogP contribution is -2.44. The van der Waals surface area contributed by atoms with Crippen molar-refractivity contribution in [3.05, 3.63) is 23.8 Å². The van der Waals surface area contributed by atoms with Gasteiger partial charge < -0.3 is 19.9 Å². The third-order valence-corrected chi connectivity index (χ3v) is 4.50. The fourth-order valence-electron chi connectivity index (χ4n) is 3.15. The third kappa shape index (κ3) is 5.78. The number of likely N-dealkylation sites (tertiary alicyclic amines) is 1. The number of nitrogens with zero attached hydrogens (tertiary/aromatic N) is 1. The van der Waals surface area contributed by atoms with Gasteiger partial charge in [0.15, 0.2) is 0 Å². The van der Waals surface area contributed by atoms with Crippen LogP contribution >= 0.6 is 12.4 Å². The summed E-state index contributed by atoms with van der Waals surface area (Å²) < 4.78 is 10.6. The van der Waals surface area contributed by atoms with E-state index < -0.39 is 11.9 Å². The molecule has 2 atom stereocenters. The minimum atomic E-state index is -0.792. The quantitative estimate of drug-likeness (QED) is 0.746. The molecule has 0 radical (unpaired) electrons. The average molecular weight is 387 g/mol. The molecule has 7 nitrogen and oxygen atoms in total. The number of hydrogen-bond donors (Lipinski definition) is 2. The number of ether oxygens (including phenoxy) is 2. The topological polar surface area (TPSA) is 88.1 Å². The SMILES string of the molecule is COc1ccc(OC)c(C(C)NC(=O)CN2CCCC(C(=O)O)C2)c1.Cl. The summed E-state index contributed by atoms with van der Waals surface area (Å²) in [4.78, 5) is 25.4. The fourth-order valence-corrected chi connectivity index (χ4v) is 3.15. The Labute approximate surface area is 160 Å². The highest BCUT2D eigenvalue weighted by atomic mass is 35.5. The van der Waals surface area contributed by atoms with Crippen molar-refractivity contribution in [2.24, 2.45) is 5.92 Å². The zero-order chi connectivity index (χ0) is 18.4. The first-order valence-electron chi connectivity index (χ1n) is 8.41. The van der Waals surface area contributed by atoms with Crippen molar-refractivity contribution in [1.82, 2.24) is 10.2 Å². The summed E-state index contributed by atoms with van der Waals surface area (Å²) in [5.41, 5.74) is 0.831. The lowest BCUT2D eigenvalue weighted by Gasteiger charge is -2.30. The van der Waals surface area contributed by atoms with Gasteiger partial charge in [-0.15, -0.1) is 12.4 Å². The number of hydrogen-bond acceptors (Lipinski definition) is 5. The number of halogens is 1. The smallest absolute Gasteiger partial charge is 0.307 e. The maximum Gasteiger partial charge on any atom is 0.307 e. The largest absolute Gasteiger partial charge is 0.497 e. The van der Waals surface area contributed by atoms with E-state index in [1.807, 2.05) is 17.9 Å². The molecule has 2 rings (SSSR count). The predicted octanol–water partition coefficient (Wildman–Crippen LogP) is 2.10. The number of aliphatic carboxylic acids is 1. The molecular formula is C18H27ClN2O5. The summed E-state index contributed by atoms with van der Waals surface area (Å²) in [5.74, 6) is 0.0511. The number of carbonyl (C=O) groups excluding carboxylic acids is 1. The van der Waals surface area contributed by atoms with Crippen LogP contribution in [0.2, 0.25) is 0 Å². The van der Waals surface area contributed by atoms with Crippen molar-refractivity contribution >= 4 is 24.3 Å². The van der Waals surface area contributed by atoms with Crippen LogP contribution in [0.25, 0.3) is 0 Å². The van der Waals surface area contributed by atoms with E-state index in [1.165, 1.54) is 0 Å².